The quantitative estimate of drug-likeness (QED) is 0.673. The first kappa shape index (κ1) is 20.3. The second-order valence-electron chi connectivity index (χ2n) is 8.30. The molecule has 30 heavy (non-hydrogen) atoms. The fraction of sp³-hybridized carbons (Fsp3) is 0.391. The Balaban J connectivity index is 1.45. The van der Waals surface area contributed by atoms with E-state index in [4.69, 9.17) is 9.47 Å². The van der Waals surface area contributed by atoms with E-state index in [1.165, 1.54) is 17.0 Å². The van der Waals surface area contributed by atoms with Crippen molar-refractivity contribution in [2.75, 3.05) is 20.3 Å². The first-order valence-electron chi connectivity index (χ1n) is 9.97. The zero-order valence-electron chi connectivity index (χ0n) is 17.1. The maximum atomic E-state index is 14.3. The van der Waals surface area contributed by atoms with E-state index in [0.717, 1.165) is 24.2 Å². The molecule has 158 valence electrons. The van der Waals surface area contributed by atoms with E-state index in [0.29, 0.717) is 13.2 Å². The summed E-state index contributed by atoms with van der Waals surface area (Å²) in [7, 11) is 1.64. The van der Waals surface area contributed by atoms with Gasteiger partial charge in [0.1, 0.15) is 17.1 Å². The Morgan fingerprint density at radius 3 is 2.60 bits per heavy atom. The summed E-state index contributed by atoms with van der Waals surface area (Å²) in [5.74, 6) is -0.230. The van der Waals surface area contributed by atoms with Crippen LogP contribution in [0.4, 0.5) is 9.18 Å². The monoisotopic (exact) mass is 412 g/mol. The van der Waals surface area contributed by atoms with E-state index in [1.54, 1.807) is 26.2 Å². The van der Waals surface area contributed by atoms with Crippen LogP contribution in [0, 0.1) is 11.2 Å². The van der Waals surface area contributed by atoms with E-state index in [9.17, 15) is 14.0 Å². The molecule has 1 saturated heterocycles. The fourth-order valence-electron chi connectivity index (χ4n) is 3.88. The third kappa shape index (κ3) is 3.77. The first-order chi connectivity index (χ1) is 14.4. The van der Waals surface area contributed by atoms with Gasteiger partial charge in [-0.25, -0.2) is 9.18 Å². The molecule has 1 saturated carbocycles. The molecule has 0 spiro atoms. The predicted molar refractivity (Wildman–Crippen MR) is 108 cm³/mol. The Morgan fingerprint density at radius 1 is 1.13 bits per heavy atom. The van der Waals surface area contributed by atoms with Crippen LogP contribution >= 0.6 is 0 Å². The predicted octanol–water partition coefficient (Wildman–Crippen LogP) is 3.60. The van der Waals surface area contributed by atoms with Crippen LogP contribution in [0.5, 0.6) is 5.75 Å². The van der Waals surface area contributed by atoms with E-state index in [-0.39, 0.29) is 17.5 Å². The standard InChI is InChI=1S/C23H25FN2O4/c1-22(18-8-3-4-9-19(18)24)20(27)26(21(28)25-22)14-23(10-11-23)15-30-17-7-5-6-16(12-17)13-29-2/h3-9,12H,10-11,13-15H2,1-2H3,(H,25,28). The van der Waals surface area contributed by atoms with Crippen molar-refractivity contribution in [2.24, 2.45) is 5.41 Å². The second-order valence-corrected chi connectivity index (χ2v) is 8.30. The highest BCUT2D eigenvalue weighted by atomic mass is 19.1. The largest absolute Gasteiger partial charge is 0.493 e. The van der Waals surface area contributed by atoms with Gasteiger partial charge in [-0.15, -0.1) is 0 Å². The molecule has 2 aliphatic rings. The molecule has 4 rings (SSSR count). The number of nitrogens with one attached hydrogen (secondary N) is 1. The minimum Gasteiger partial charge on any atom is -0.493 e. The molecule has 1 aliphatic heterocycles. The van der Waals surface area contributed by atoms with Gasteiger partial charge in [-0.2, -0.15) is 0 Å². The Morgan fingerprint density at radius 2 is 1.90 bits per heavy atom. The SMILES string of the molecule is COCc1cccc(OCC2(CN3C(=O)NC(C)(c4ccccc4F)C3=O)CC2)c1. The number of amides is 3. The van der Waals surface area contributed by atoms with Gasteiger partial charge in [0.2, 0.25) is 0 Å². The fourth-order valence-corrected chi connectivity index (χ4v) is 3.88. The van der Waals surface area contributed by atoms with Crippen molar-refractivity contribution >= 4 is 11.9 Å². The van der Waals surface area contributed by atoms with Gasteiger partial charge >= 0.3 is 6.03 Å². The zero-order chi connectivity index (χ0) is 21.4. The van der Waals surface area contributed by atoms with E-state index < -0.39 is 23.3 Å². The topological polar surface area (TPSA) is 67.9 Å². The number of halogens is 1. The summed E-state index contributed by atoms with van der Waals surface area (Å²) in [6, 6.07) is 13.2. The third-order valence-corrected chi connectivity index (χ3v) is 5.89. The maximum Gasteiger partial charge on any atom is 0.325 e. The molecule has 1 N–H and O–H groups in total. The molecule has 0 aromatic heterocycles. The number of urea groups is 1. The minimum absolute atomic E-state index is 0.168. The van der Waals surface area contributed by atoms with Crippen LogP contribution < -0.4 is 10.1 Å². The highest BCUT2D eigenvalue weighted by molar-refractivity contribution is 6.07. The van der Waals surface area contributed by atoms with Gasteiger partial charge in [0.25, 0.3) is 5.91 Å². The van der Waals surface area contributed by atoms with Crippen LogP contribution in [-0.2, 0) is 21.7 Å². The molecule has 2 aromatic rings. The van der Waals surface area contributed by atoms with Crippen molar-refractivity contribution < 1.29 is 23.5 Å². The Labute approximate surface area is 175 Å². The van der Waals surface area contributed by atoms with Crippen LogP contribution in [0.1, 0.15) is 30.9 Å². The van der Waals surface area contributed by atoms with Crippen LogP contribution in [0.15, 0.2) is 48.5 Å². The smallest absolute Gasteiger partial charge is 0.325 e. The summed E-state index contributed by atoms with van der Waals surface area (Å²) in [4.78, 5) is 26.9. The number of benzene rings is 2. The van der Waals surface area contributed by atoms with Gasteiger partial charge in [0.05, 0.1) is 13.2 Å². The van der Waals surface area contributed by atoms with E-state index >= 15 is 0 Å². The number of carbonyl (C=O) groups is 2. The summed E-state index contributed by atoms with van der Waals surface area (Å²) in [6.07, 6.45) is 1.72. The molecule has 7 heteroatoms. The number of imide groups is 1. The number of methoxy groups -OCH3 is 1. The second kappa shape index (κ2) is 7.72. The summed E-state index contributed by atoms with van der Waals surface area (Å²) >= 11 is 0. The highest BCUT2D eigenvalue weighted by Gasteiger charge is 2.55. The Bertz CT molecular complexity index is 975. The maximum absolute atomic E-state index is 14.3. The molecule has 1 heterocycles. The molecular weight excluding hydrogens is 387 g/mol. The average molecular weight is 412 g/mol. The Hall–Kier alpha value is -2.93. The van der Waals surface area contributed by atoms with Crippen molar-refractivity contribution in [2.45, 2.75) is 31.9 Å². The lowest BCUT2D eigenvalue weighted by Crippen LogP contribution is -2.42. The van der Waals surface area contributed by atoms with Crippen LogP contribution in [0.3, 0.4) is 0 Å². The van der Waals surface area contributed by atoms with Crippen molar-refractivity contribution in [3.05, 3.63) is 65.5 Å². The molecule has 6 nitrogen and oxygen atoms in total. The van der Waals surface area contributed by atoms with Crippen LogP contribution in [0.2, 0.25) is 0 Å². The lowest BCUT2D eigenvalue weighted by atomic mass is 9.91. The summed E-state index contributed by atoms with van der Waals surface area (Å²) in [5, 5.41) is 2.68. The van der Waals surface area contributed by atoms with Gasteiger partial charge in [-0.05, 0) is 43.5 Å². The molecule has 1 atom stereocenters. The summed E-state index contributed by atoms with van der Waals surface area (Å²) in [5.41, 5.74) is -0.505. The number of carbonyl (C=O) groups excluding carboxylic acids is 2. The molecule has 1 unspecified atom stereocenters. The van der Waals surface area contributed by atoms with Crippen molar-refractivity contribution in [1.82, 2.24) is 10.2 Å². The van der Waals surface area contributed by atoms with Crippen molar-refractivity contribution in [1.29, 1.82) is 0 Å². The molecule has 0 bridgehead atoms. The van der Waals surface area contributed by atoms with Crippen LogP contribution in [0.25, 0.3) is 0 Å². The van der Waals surface area contributed by atoms with Crippen molar-refractivity contribution in [3.8, 4) is 5.75 Å². The zero-order valence-corrected chi connectivity index (χ0v) is 17.1. The van der Waals surface area contributed by atoms with Gasteiger partial charge in [-0.3, -0.25) is 9.69 Å². The molecule has 2 aromatic carbocycles. The number of nitrogens with zero attached hydrogens (tertiary/aromatic N) is 1. The number of ether oxygens (including phenoxy) is 2. The van der Waals surface area contributed by atoms with Gasteiger partial charge in [-0.1, -0.05) is 30.3 Å². The van der Waals surface area contributed by atoms with E-state index in [1.807, 2.05) is 24.3 Å². The third-order valence-electron chi connectivity index (χ3n) is 5.89. The lowest BCUT2D eigenvalue weighted by molar-refractivity contribution is -0.131. The first-order valence-corrected chi connectivity index (χ1v) is 9.97. The molecule has 0 radical (unpaired) electrons. The molecule has 3 amide bonds. The highest BCUT2D eigenvalue weighted by Crippen LogP contribution is 2.47. The lowest BCUT2D eigenvalue weighted by Gasteiger charge is -2.25. The molecule has 1 aliphatic carbocycles. The van der Waals surface area contributed by atoms with Gasteiger partial charge in [0, 0.05) is 24.6 Å². The number of rotatable bonds is 8. The number of hydrogen-bond donors (Lipinski definition) is 1. The Kier molecular flexibility index (Phi) is 5.24. The summed E-state index contributed by atoms with van der Waals surface area (Å²) < 4.78 is 25.4. The van der Waals surface area contributed by atoms with Gasteiger partial charge in [0.15, 0.2) is 0 Å². The summed E-state index contributed by atoms with van der Waals surface area (Å²) in [6.45, 7) is 2.69. The molecule has 2 fully saturated rings. The molecular formula is C23H25FN2O4. The van der Waals surface area contributed by atoms with Crippen molar-refractivity contribution in [3.63, 3.8) is 0 Å². The van der Waals surface area contributed by atoms with Gasteiger partial charge < -0.3 is 14.8 Å². The number of hydrogen-bond acceptors (Lipinski definition) is 4. The average Bonchev–Trinajstić information content (AvgIpc) is 3.46. The van der Waals surface area contributed by atoms with Crippen LogP contribution in [-0.4, -0.2) is 37.1 Å². The normalized spacial score (nSPS) is 22.2. The van der Waals surface area contributed by atoms with E-state index in [2.05, 4.69) is 5.32 Å². The minimum atomic E-state index is -1.41.